The molecule has 0 spiro atoms. The van der Waals surface area contributed by atoms with Crippen molar-refractivity contribution in [2.75, 3.05) is 46.4 Å². The molecule has 0 aromatic heterocycles. The maximum Gasteiger partial charge on any atom is 0.189 e. The molecule has 0 saturated carbocycles. The van der Waals surface area contributed by atoms with Crippen molar-refractivity contribution in [3.05, 3.63) is 29.8 Å². The number of fused-ring (bicyclic) bond motifs is 1. The number of aliphatic imine (C=N–C) groups is 1. The summed E-state index contributed by atoms with van der Waals surface area (Å²) in [6.45, 7) is 8.13. The highest BCUT2D eigenvalue weighted by Crippen LogP contribution is 2.31. The molecule has 0 aliphatic carbocycles. The van der Waals surface area contributed by atoms with Gasteiger partial charge in [0.05, 0.1) is 19.2 Å². The number of hydrogen-bond donors (Lipinski definition) is 2. The van der Waals surface area contributed by atoms with E-state index in [4.69, 9.17) is 10.5 Å². The number of benzene rings is 1. The van der Waals surface area contributed by atoms with Crippen LogP contribution < -0.4 is 15.8 Å². The van der Waals surface area contributed by atoms with Gasteiger partial charge in [0.2, 0.25) is 0 Å². The molecule has 0 radical (unpaired) electrons. The second-order valence-electron chi connectivity index (χ2n) is 6.79. The van der Waals surface area contributed by atoms with Crippen LogP contribution in [0.4, 0.5) is 0 Å². The molecule has 1 fully saturated rings. The first kappa shape index (κ1) is 17.0. The van der Waals surface area contributed by atoms with Gasteiger partial charge in [-0.15, -0.1) is 0 Å². The zero-order chi connectivity index (χ0) is 16.9. The van der Waals surface area contributed by atoms with Gasteiger partial charge in [0.25, 0.3) is 0 Å². The lowest BCUT2D eigenvalue weighted by Gasteiger charge is -2.35. The quantitative estimate of drug-likeness (QED) is 0.638. The van der Waals surface area contributed by atoms with Crippen molar-refractivity contribution in [1.29, 1.82) is 0 Å². The summed E-state index contributed by atoms with van der Waals surface area (Å²) >= 11 is 0. The van der Waals surface area contributed by atoms with E-state index in [1.807, 2.05) is 18.2 Å². The first-order chi connectivity index (χ1) is 11.6. The summed E-state index contributed by atoms with van der Waals surface area (Å²) < 4.78 is 5.69. The minimum atomic E-state index is 0.178. The second-order valence-corrected chi connectivity index (χ2v) is 6.79. The van der Waals surface area contributed by atoms with Crippen LogP contribution in [0.15, 0.2) is 29.3 Å². The molecular weight excluding hydrogens is 302 g/mol. The summed E-state index contributed by atoms with van der Waals surface area (Å²) in [5.74, 6) is 1.47. The van der Waals surface area contributed by atoms with E-state index in [1.54, 1.807) is 0 Å². The van der Waals surface area contributed by atoms with Gasteiger partial charge < -0.3 is 20.7 Å². The first-order valence-electron chi connectivity index (χ1n) is 8.84. The lowest BCUT2D eigenvalue weighted by Crippen LogP contribution is -2.49. The number of likely N-dealkylation sites (N-methyl/N-ethyl adjacent to an activating group) is 1. The van der Waals surface area contributed by atoms with Crippen LogP contribution in [0.2, 0.25) is 0 Å². The smallest absolute Gasteiger partial charge is 0.189 e. The average molecular weight is 331 g/mol. The number of piperazine rings is 1. The van der Waals surface area contributed by atoms with Crippen molar-refractivity contribution in [2.24, 2.45) is 10.7 Å². The Kier molecular flexibility index (Phi) is 5.58. The topological polar surface area (TPSA) is 66.1 Å². The molecule has 1 saturated heterocycles. The SMILES string of the molecule is CC(CN=C(N)NC1CCOc2ccccc21)N1CCN(C)CC1. The summed E-state index contributed by atoms with van der Waals surface area (Å²) in [6, 6.07) is 8.72. The highest BCUT2D eigenvalue weighted by atomic mass is 16.5. The Morgan fingerprint density at radius 3 is 2.88 bits per heavy atom. The van der Waals surface area contributed by atoms with Gasteiger partial charge >= 0.3 is 0 Å². The molecule has 132 valence electrons. The third-order valence-electron chi connectivity index (χ3n) is 4.97. The summed E-state index contributed by atoms with van der Waals surface area (Å²) in [7, 11) is 2.17. The van der Waals surface area contributed by atoms with Gasteiger partial charge in [0, 0.05) is 44.2 Å². The predicted molar refractivity (Wildman–Crippen MR) is 97.5 cm³/mol. The first-order valence-corrected chi connectivity index (χ1v) is 8.84. The standard InChI is InChI=1S/C18H29N5O/c1-14(23-10-8-22(2)9-11-23)13-20-18(19)21-16-7-12-24-17-6-4-3-5-15(16)17/h3-6,14,16H,7-13H2,1-2H3,(H3,19,20,21). The van der Waals surface area contributed by atoms with E-state index in [-0.39, 0.29) is 6.04 Å². The van der Waals surface area contributed by atoms with Gasteiger partial charge in [0.1, 0.15) is 5.75 Å². The molecule has 1 aromatic carbocycles. The molecule has 3 rings (SSSR count). The van der Waals surface area contributed by atoms with Gasteiger partial charge in [-0.05, 0) is 20.0 Å². The van der Waals surface area contributed by atoms with E-state index in [2.05, 4.69) is 40.1 Å². The zero-order valence-electron chi connectivity index (χ0n) is 14.7. The minimum Gasteiger partial charge on any atom is -0.493 e. The fraction of sp³-hybridized carbons (Fsp3) is 0.611. The highest BCUT2D eigenvalue weighted by molar-refractivity contribution is 5.78. The number of nitrogens with two attached hydrogens (primary N) is 1. The molecule has 6 heteroatoms. The van der Waals surface area contributed by atoms with Crippen LogP contribution in [-0.2, 0) is 0 Å². The van der Waals surface area contributed by atoms with Gasteiger partial charge in [-0.1, -0.05) is 18.2 Å². The van der Waals surface area contributed by atoms with E-state index >= 15 is 0 Å². The van der Waals surface area contributed by atoms with Gasteiger partial charge in [-0.25, -0.2) is 0 Å². The minimum absolute atomic E-state index is 0.178. The monoisotopic (exact) mass is 331 g/mol. The van der Waals surface area contributed by atoms with Crippen LogP contribution in [-0.4, -0.2) is 68.2 Å². The predicted octanol–water partition coefficient (Wildman–Crippen LogP) is 1.05. The van der Waals surface area contributed by atoms with Crippen molar-refractivity contribution in [1.82, 2.24) is 15.1 Å². The number of nitrogens with one attached hydrogen (secondary N) is 1. The highest BCUT2D eigenvalue weighted by Gasteiger charge is 2.22. The molecule has 2 atom stereocenters. The Balaban J connectivity index is 1.53. The summed E-state index contributed by atoms with van der Waals surface area (Å²) in [5, 5.41) is 3.36. The molecule has 2 unspecified atom stereocenters. The van der Waals surface area contributed by atoms with E-state index < -0.39 is 0 Å². The average Bonchev–Trinajstić information content (AvgIpc) is 2.61. The van der Waals surface area contributed by atoms with Crippen LogP contribution in [0.5, 0.6) is 5.75 Å². The molecule has 0 bridgehead atoms. The van der Waals surface area contributed by atoms with E-state index in [9.17, 15) is 0 Å². The van der Waals surface area contributed by atoms with Crippen LogP contribution >= 0.6 is 0 Å². The largest absolute Gasteiger partial charge is 0.493 e. The zero-order valence-corrected chi connectivity index (χ0v) is 14.7. The lowest BCUT2D eigenvalue weighted by atomic mass is 10.0. The van der Waals surface area contributed by atoms with Crippen LogP contribution in [0.25, 0.3) is 0 Å². The molecule has 0 amide bonds. The molecule has 6 nitrogen and oxygen atoms in total. The molecular formula is C18H29N5O. The third kappa shape index (κ3) is 4.19. The van der Waals surface area contributed by atoms with Crippen LogP contribution in [0, 0.1) is 0 Å². The third-order valence-corrected chi connectivity index (χ3v) is 4.97. The van der Waals surface area contributed by atoms with Crippen molar-refractivity contribution in [3.63, 3.8) is 0 Å². The Bertz CT molecular complexity index is 568. The van der Waals surface area contributed by atoms with Gasteiger partial charge in [-0.2, -0.15) is 0 Å². The summed E-state index contributed by atoms with van der Waals surface area (Å²) in [6.07, 6.45) is 0.904. The van der Waals surface area contributed by atoms with Crippen LogP contribution in [0.1, 0.15) is 24.9 Å². The van der Waals surface area contributed by atoms with E-state index in [1.165, 1.54) is 0 Å². The van der Waals surface area contributed by atoms with Gasteiger partial charge in [-0.3, -0.25) is 9.89 Å². The van der Waals surface area contributed by atoms with E-state index in [0.717, 1.165) is 50.5 Å². The number of guanidine groups is 1. The fourth-order valence-electron chi connectivity index (χ4n) is 3.32. The lowest BCUT2D eigenvalue weighted by molar-refractivity contribution is 0.122. The molecule has 3 N–H and O–H groups in total. The summed E-state index contributed by atoms with van der Waals surface area (Å²) in [4.78, 5) is 9.43. The normalized spacial score (nSPS) is 24.1. The molecule has 2 aliphatic heterocycles. The Morgan fingerprint density at radius 1 is 1.33 bits per heavy atom. The van der Waals surface area contributed by atoms with Gasteiger partial charge in [0.15, 0.2) is 5.96 Å². The number of ether oxygens (including phenoxy) is 1. The van der Waals surface area contributed by atoms with Crippen LogP contribution in [0.3, 0.4) is 0 Å². The number of nitrogens with zero attached hydrogens (tertiary/aromatic N) is 3. The van der Waals surface area contributed by atoms with Crippen molar-refractivity contribution in [2.45, 2.75) is 25.4 Å². The Morgan fingerprint density at radius 2 is 2.08 bits per heavy atom. The van der Waals surface area contributed by atoms with Crippen molar-refractivity contribution in [3.8, 4) is 5.75 Å². The molecule has 24 heavy (non-hydrogen) atoms. The Hall–Kier alpha value is -1.79. The molecule has 1 aromatic rings. The maximum atomic E-state index is 6.13. The second kappa shape index (κ2) is 7.85. The molecule has 2 aliphatic rings. The van der Waals surface area contributed by atoms with Crippen molar-refractivity contribution >= 4 is 5.96 Å². The molecule has 2 heterocycles. The maximum absolute atomic E-state index is 6.13. The van der Waals surface area contributed by atoms with E-state index in [0.29, 0.717) is 18.6 Å². The van der Waals surface area contributed by atoms with Crippen molar-refractivity contribution < 1.29 is 4.74 Å². The number of hydrogen-bond acceptors (Lipinski definition) is 4. The Labute approximate surface area is 144 Å². The summed E-state index contributed by atoms with van der Waals surface area (Å²) in [5.41, 5.74) is 7.29. The number of para-hydroxylation sites is 1. The number of rotatable bonds is 4. The fourth-order valence-corrected chi connectivity index (χ4v) is 3.32.